The predicted octanol–water partition coefficient (Wildman–Crippen LogP) is 5.61. The summed E-state index contributed by atoms with van der Waals surface area (Å²) in [7, 11) is 1.60. The maximum atomic E-state index is 12.8. The van der Waals surface area contributed by atoms with Gasteiger partial charge < -0.3 is 10.1 Å². The SMILES string of the molecule is COc1ccc(C)cc1NC(=O)c1ccccc1SCc1cccs1. The molecule has 0 aliphatic carbocycles. The number of hydrogen-bond donors (Lipinski definition) is 1. The zero-order chi connectivity index (χ0) is 17.6. The molecule has 0 bridgehead atoms. The summed E-state index contributed by atoms with van der Waals surface area (Å²) in [6.07, 6.45) is 0. The molecule has 1 heterocycles. The van der Waals surface area contributed by atoms with Crippen LogP contribution in [0.1, 0.15) is 20.8 Å². The number of aryl methyl sites for hydroxylation is 1. The molecule has 3 nitrogen and oxygen atoms in total. The molecule has 1 amide bonds. The van der Waals surface area contributed by atoms with Crippen LogP contribution in [0.4, 0.5) is 5.69 Å². The van der Waals surface area contributed by atoms with Crippen molar-refractivity contribution in [2.45, 2.75) is 17.6 Å². The molecule has 0 spiro atoms. The number of carbonyl (C=O) groups is 1. The Morgan fingerprint density at radius 3 is 2.76 bits per heavy atom. The van der Waals surface area contributed by atoms with Crippen LogP contribution in [0.3, 0.4) is 0 Å². The smallest absolute Gasteiger partial charge is 0.256 e. The number of anilines is 1. The van der Waals surface area contributed by atoms with Crippen molar-refractivity contribution < 1.29 is 9.53 Å². The maximum Gasteiger partial charge on any atom is 0.256 e. The lowest BCUT2D eigenvalue weighted by Gasteiger charge is -2.13. The van der Waals surface area contributed by atoms with E-state index in [4.69, 9.17) is 4.74 Å². The van der Waals surface area contributed by atoms with E-state index < -0.39 is 0 Å². The van der Waals surface area contributed by atoms with Crippen molar-refractivity contribution in [2.75, 3.05) is 12.4 Å². The van der Waals surface area contributed by atoms with Gasteiger partial charge >= 0.3 is 0 Å². The number of nitrogens with one attached hydrogen (secondary N) is 1. The van der Waals surface area contributed by atoms with Crippen LogP contribution in [0, 0.1) is 6.92 Å². The molecule has 0 saturated heterocycles. The van der Waals surface area contributed by atoms with Gasteiger partial charge in [0.15, 0.2) is 0 Å². The van der Waals surface area contributed by atoms with Crippen molar-refractivity contribution in [2.24, 2.45) is 0 Å². The molecule has 3 rings (SSSR count). The summed E-state index contributed by atoms with van der Waals surface area (Å²) >= 11 is 3.40. The number of hydrogen-bond acceptors (Lipinski definition) is 4. The summed E-state index contributed by atoms with van der Waals surface area (Å²) in [4.78, 5) is 15.1. The molecule has 1 aromatic heterocycles. The minimum atomic E-state index is -0.127. The molecule has 0 fully saturated rings. The van der Waals surface area contributed by atoms with Crippen molar-refractivity contribution in [3.63, 3.8) is 0 Å². The quantitative estimate of drug-likeness (QED) is 0.574. The lowest BCUT2D eigenvalue weighted by molar-refractivity contribution is 0.102. The highest BCUT2D eigenvalue weighted by Gasteiger charge is 2.14. The van der Waals surface area contributed by atoms with Gasteiger partial charge in [-0.15, -0.1) is 23.1 Å². The second kappa shape index (κ2) is 8.23. The zero-order valence-corrected chi connectivity index (χ0v) is 15.7. The van der Waals surface area contributed by atoms with Gasteiger partial charge in [-0.3, -0.25) is 4.79 Å². The van der Waals surface area contributed by atoms with Gasteiger partial charge in [-0.05, 0) is 48.2 Å². The number of amides is 1. The minimum absolute atomic E-state index is 0.127. The molecule has 5 heteroatoms. The Hall–Kier alpha value is -2.24. The molecule has 1 N–H and O–H groups in total. The van der Waals surface area contributed by atoms with Crippen molar-refractivity contribution in [3.05, 3.63) is 76.0 Å². The summed E-state index contributed by atoms with van der Waals surface area (Å²) in [5, 5.41) is 5.05. The molecule has 128 valence electrons. The van der Waals surface area contributed by atoms with Gasteiger partial charge in [0.2, 0.25) is 0 Å². The highest BCUT2D eigenvalue weighted by atomic mass is 32.2. The number of ether oxygens (including phenoxy) is 1. The summed E-state index contributed by atoms with van der Waals surface area (Å²) in [5.41, 5.74) is 2.43. The monoisotopic (exact) mass is 369 g/mol. The van der Waals surface area contributed by atoms with Crippen LogP contribution in [0.5, 0.6) is 5.75 Å². The molecular weight excluding hydrogens is 350 g/mol. The maximum absolute atomic E-state index is 12.8. The highest BCUT2D eigenvalue weighted by Crippen LogP contribution is 2.30. The highest BCUT2D eigenvalue weighted by molar-refractivity contribution is 7.98. The second-order valence-electron chi connectivity index (χ2n) is 5.52. The Morgan fingerprint density at radius 2 is 2.00 bits per heavy atom. The number of thiophene rings is 1. The predicted molar refractivity (Wildman–Crippen MR) is 106 cm³/mol. The van der Waals surface area contributed by atoms with Crippen LogP contribution in [0.2, 0.25) is 0 Å². The van der Waals surface area contributed by atoms with Gasteiger partial charge in [0, 0.05) is 15.5 Å². The van der Waals surface area contributed by atoms with Crippen molar-refractivity contribution >= 4 is 34.7 Å². The van der Waals surface area contributed by atoms with E-state index >= 15 is 0 Å². The molecule has 3 aromatic rings. The van der Waals surface area contributed by atoms with E-state index in [0.717, 1.165) is 16.2 Å². The summed E-state index contributed by atoms with van der Waals surface area (Å²) < 4.78 is 5.35. The molecule has 0 aliphatic rings. The van der Waals surface area contributed by atoms with Crippen molar-refractivity contribution in [3.8, 4) is 5.75 Å². The molecule has 25 heavy (non-hydrogen) atoms. The number of methoxy groups -OCH3 is 1. The van der Waals surface area contributed by atoms with E-state index in [1.165, 1.54) is 4.88 Å². The van der Waals surface area contributed by atoms with Gasteiger partial charge in [-0.1, -0.05) is 24.3 Å². The van der Waals surface area contributed by atoms with Gasteiger partial charge in [-0.25, -0.2) is 0 Å². The molecule has 0 saturated carbocycles. The van der Waals surface area contributed by atoms with Crippen LogP contribution in [-0.2, 0) is 5.75 Å². The molecule has 0 unspecified atom stereocenters. The molecular formula is C20H19NO2S2. The van der Waals surface area contributed by atoms with Crippen LogP contribution in [-0.4, -0.2) is 13.0 Å². The average molecular weight is 370 g/mol. The Balaban J connectivity index is 1.79. The number of carbonyl (C=O) groups excluding carboxylic acids is 1. The first-order valence-electron chi connectivity index (χ1n) is 7.87. The number of rotatable bonds is 6. The lowest BCUT2D eigenvalue weighted by atomic mass is 10.1. The van der Waals surface area contributed by atoms with E-state index in [2.05, 4.69) is 16.8 Å². The lowest BCUT2D eigenvalue weighted by Crippen LogP contribution is -2.13. The van der Waals surface area contributed by atoms with Crippen molar-refractivity contribution in [1.29, 1.82) is 0 Å². The normalized spacial score (nSPS) is 10.5. The summed E-state index contributed by atoms with van der Waals surface area (Å²) in [6, 6.07) is 17.6. The Morgan fingerprint density at radius 1 is 1.16 bits per heavy atom. The summed E-state index contributed by atoms with van der Waals surface area (Å²) in [6.45, 7) is 1.99. The fraction of sp³-hybridized carbons (Fsp3) is 0.150. The third-order valence-electron chi connectivity index (χ3n) is 3.68. The third kappa shape index (κ3) is 4.44. The summed E-state index contributed by atoms with van der Waals surface area (Å²) in [5.74, 6) is 1.39. The number of benzene rings is 2. The van der Waals surface area contributed by atoms with Gasteiger partial charge in [0.1, 0.15) is 5.75 Å². The van der Waals surface area contributed by atoms with Gasteiger partial charge in [0.05, 0.1) is 18.4 Å². The minimum Gasteiger partial charge on any atom is -0.495 e. The van der Waals surface area contributed by atoms with Crippen LogP contribution >= 0.6 is 23.1 Å². The second-order valence-corrected chi connectivity index (χ2v) is 7.57. The van der Waals surface area contributed by atoms with E-state index in [0.29, 0.717) is 17.0 Å². The standard InChI is InChI=1S/C20H19NO2S2/c1-14-9-10-18(23-2)17(12-14)21-20(22)16-7-3-4-8-19(16)25-13-15-6-5-11-24-15/h3-12H,13H2,1-2H3,(H,21,22). The van der Waals surface area contributed by atoms with Crippen LogP contribution in [0.25, 0.3) is 0 Å². The molecule has 0 atom stereocenters. The topological polar surface area (TPSA) is 38.3 Å². The van der Waals surface area contributed by atoms with E-state index in [9.17, 15) is 4.79 Å². The Labute approximate surface area is 156 Å². The Bertz CT molecular complexity index is 860. The van der Waals surface area contributed by atoms with Gasteiger partial charge in [0.25, 0.3) is 5.91 Å². The molecule has 2 aromatic carbocycles. The fourth-order valence-electron chi connectivity index (χ4n) is 2.43. The molecule has 0 radical (unpaired) electrons. The van der Waals surface area contributed by atoms with Crippen LogP contribution < -0.4 is 10.1 Å². The first kappa shape index (κ1) is 17.6. The van der Waals surface area contributed by atoms with Crippen LogP contribution in [0.15, 0.2) is 64.9 Å². The average Bonchev–Trinajstić information content (AvgIpc) is 3.14. The third-order valence-corrected chi connectivity index (χ3v) is 5.87. The van der Waals surface area contributed by atoms with E-state index in [-0.39, 0.29) is 5.91 Å². The largest absolute Gasteiger partial charge is 0.495 e. The molecule has 0 aliphatic heterocycles. The van der Waals surface area contributed by atoms with E-state index in [1.807, 2.05) is 55.5 Å². The van der Waals surface area contributed by atoms with Gasteiger partial charge in [-0.2, -0.15) is 0 Å². The Kier molecular flexibility index (Phi) is 5.79. The number of thioether (sulfide) groups is 1. The first-order chi connectivity index (χ1) is 12.2. The van der Waals surface area contributed by atoms with E-state index in [1.54, 1.807) is 30.2 Å². The first-order valence-corrected chi connectivity index (χ1v) is 9.74. The fourth-order valence-corrected chi connectivity index (χ4v) is 4.26. The van der Waals surface area contributed by atoms with Crippen molar-refractivity contribution in [1.82, 2.24) is 0 Å². The zero-order valence-electron chi connectivity index (χ0n) is 14.1.